The first-order chi connectivity index (χ1) is 13.6. The van der Waals surface area contributed by atoms with Crippen LogP contribution in [-0.2, 0) is 13.1 Å². The Hall–Kier alpha value is -2.99. The van der Waals surface area contributed by atoms with E-state index in [0.29, 0.717) is 24.3 Å². The molecule has 0 unspecified atom stereocenters. The van der Waals surface area contributed by atoms with Crippen LogP contribution in [0.4, 0.5) is 4.39 Å². The smallest absolute Gasteiger partial charge is 0.266 e. The SMILES string of the molecule is CCN(CCCn1nc(-c2ccccc2O)ccc1=O)Cc1cccc(F)c1. The summed E-state index contributed by atoms with van der Waals surface area (Å²) in [5.74, 6) is -0.0993. The lowest BCUT2D eigenvalue weighted by atomic mass is 10.1. The average Bonchev–Trinajstić information content (AvgIpc) is 2.69. The zero-order chi connectivity index (χ0) is 19.9. The number of aromatic nitrogens is 2. The van der Waals surface area contributed by atoms with Crippen molar-refractivity contribution >= 4 is 0 Å². The van der Waals surface area contributed by atoms with Crippen LogP contribution in [0.3, 0.4) is 0 Å². The second kappa shape index (κ2) is 9.28. The molecule has 1 heterocycles. The Morgan fingerprint density at radius 3 is 2.68 bits per heavy atom. The predicted octanol–water partition coefficient (Wildman–Crippen LogP) is 3.67. The molecule has 146 valence electrons. The lowest BCUT2D eigenvalue weighted by molar-refractivity contribution is 0.267. The molecule has 1 N–H and O–H groups in total. The number of hydrogen-bond acceptors (Lipinski definition) is 4. The third-order valence-electron chi connectivity index (χ3n) is 4.63. The summed E-state index contributed by atoms with van der Waals surface area (Å²) in [6.07, 6.45) is 0.736. The first-order valence-corrected chi connectivity index (χ1v) is 9.40. The highest BCUT2D eigenvalue weighted by Gasteiger charge is 2.09. The Kier molecular flexibility index (Phi) is 6.55. The summed E-state index contributed by atoms with van der Waals surface area (Å²) in [5, 5.41) is 14.4. The first kappa shape index (κ1) is 19.8. The van der Waals surface area contributed by atoms with E-state index in [9.17, 15) is 14.3 Å². The number of rotatable bonds is 8. The summed E-state index contributed by atoms with van der Waals surface area (Å²) in [5.41, 5.74) is 1.91. The van der Waals surface area contributed by atoms with Gasteiger partial charge in [-0.05, 0) is 48.9 Å². The summed E-state index contributed by atoms with van der Waals surface area (Å²) >= 11 is 0. The maximum atomic E-state index is 13.4. The van der Waals surface area contributed by atoms with Gasteiger partial charge in [0.25, 0.3) is 5.56 Å². The highest BCUT2D eigenvalue weighted by molar-refractivity contribution is 5.65. The molecule has 0 bridgehead atoms. The minimum atomic E-state index is -0.231. The molecule has 0 fully saturated rings. The fourth-order valence-electron chi connectivity index (χ4n) is 3.13. The number of para-hydroxylation sites is 1. The summed E-state index contributed by atoms with van der Waals surface area (Å²) in [6.45, 7) is 4.79. The molecule has 28 heavy (non-hydrogen) atoms. The average molecular weight is 381 g/mol. The summed E-state index contributed by atoms with van der Waals surface area (Å²) < 4.78 is 14.8. The molecule has 0 atom stereocenters. The second-order valence-corrected chi connectivity index (χ2v) is 6.65. The van der Waals surface area contributed by atoms with Crippen molar-refractivity contribution in [2.45, 2.75) is 26.4 Å². The summed E-state index contributed by atoms with van der Waals surface area (Å²) in [7, 11) is 0. The number of aromatic hydroxyl groups is 1. The maximum Gasteiger partial charge on any atom is 0.266 e. The van der Waals surface area contributed by atoms with Crippen LogP contribution in [0.15, 0.2) is 65.5 Å². The third-order valence-corrected chi connectivity index (χ3v) is 4.63. The molecule has 2 aromatic carbocycles. The molecule has 5 nitrogen and oxygen atoms in total. The van der Waals surface area contributed by atoms with Gasteiger partial charge >= 0.3 is 0 Å². The number of nitrogens with zero attached hydrogens (tertiary/aromatic N) is 3. The van der Waals surface area contributed by atoms with Crippen LogP contribution in [0.25, 0.3) is 11.3 Å². The molecule has 0 aliphatic rings. The van der Waals surface area contributed by atoms with Crippen LogP contribution in [0.1, 0.15) is 18.9 Å². The van der Waals surface area contributed by atoms with Crippen molar-refractivity contribution in [3.8, 4) is 17.0 Å². The number of halogens is 1. The van der Waals surface area contributed by atoms with Gasteiger partial charge < -0.3 is 5.11 Å². The first-order valence-electron chi connectivity index (χ1n) is 9.40. The Bertz CT molecular complexity index is 987. The van der Waals surface area contributed by atoms with Crippen molar-refractivity contribution in [2.75, 3.05) is 13.1 Å². The standard InChI is InChI=1S/C22H24FN3O2/c1-2-25(16-17-7-5-8-18(23)15-17)13-6-14-26-22(28)12-11-20(24-26)19-9-3-4-10-21(19)27/h3-5,7-12,15,27H,2,6,13-14,16H2,1H3. The molecule has 6 heteroatoms. The molecular formula is C22H24FN3O2. The maximum absolute atomic E-state index is 13.4. The van der Waals surface area contributed by atoms with Gasteiger partial charge in [-0.25, -0.2) is 9.07 Å². The Balaban J connectivity index is 1.64. The monoisotopic (exact) mass is 381 g/mol. The highest BCUT2D eigenvalue weighted by atomic mass is 19.1. The van der Waals surface area contributed by atoms with Gasteiger partial charge in [-0.3, -0.25) is 9.69 Å². The van der Waals surface area contributed by atoms with E-state index >= 15 is 0 Å². The molecule has 3 rings (SSSR count). The van der Waals surface area contributed by atoms with E-state index in [-0.39, 0.29) is 17.1 Å². The van der Waals surface area contributed by atoms with Crippen molar-refractivity contribution in [1.29, 1.82) is 0 Å². The molecule has 0 radical (unpaired) electrons. The van der Waals surface area contributed by atoms with Gasteiger partial charge in [0.2, 0.25) is 0 Å². The molecule has 1 aromatic heterocycles. The van der Waals surface area contributed by atoms with Crippen LogP contribution in [0.2, 0.25) is 0 Å². The van der Waals surface area contributed by atoms with Crippen molar-refractivity contribution in [2.24, 2.45) is 0 Å². The number of benzene rings is 2. The quantitative estimate of drug-likeness (QED) is 0.647. The van der Waals surface area contributed by atoms with E-state index < -0.39 is 0 Å². The van der Waals surface area contributed by atoms with Crippen LogP contribution < -0.4 is 5.56 Å². The summed E-state index contributed by atoms with van der Waals surface area (Å²) in [4.78, 5) is 14.3. The van der Waals surface area contributed by atoms with Crippen molar-refractivity contribution in [1.82, 2.24) is 14.7 Å². The summed E-state index contributed by atoms with van der Waals surface area (Å²) in [6, 6.07) is 16.6. The number of hydrogen-bond donors (Lipinski definition) is 1. The number of phenols is 1. The molecule has 0 aliphatic carbocycles. The van der Waals surface area contributed by atoms with Gasteiger partial charge in [0.15, 0.2) is 0 Å². The zero-order valence-electron chi connectivity index (χ0n) is 15.9. The molecule has 0 amide bonds. The van der Waals surface area contributed by atoms with Crippen molar-refractivity contribution < 1.29 is 9.50 Å². The molecule has 0 aliphatic heterocycles. The van der Waals surface area contributed by atoms with Gasteiger partial charge in [0.1, 0.15) is 11.6 Å². The van der Waals surface area contributed by atoms with E-state index in [1.54, 1.807) is 36.4 Å². The molecule has 0 spiro atoms. The molecular weight excluding hydrogens is 357 g/mol. The Morgan fingerprint density at radius 2 is 1.93 bits per heavy atom. The van der Waals surface area contributed by atoms with E-state index in [2.05, 4.69) is 16.9 Å². The largest absolute Gasteiger partial charge is 0.507 e. The van der Waals surface area contributed by atoms with Crippen molar-refractivity contribution in [3.05, 3.63) is 82.4 Å². The van der Waals surface area contributed by atoms with E-state index in [1.807, 2.05) is 12.1 Å². The zero-order valence-corrected chi connectivity index (χ0v) is 15.9. The normalized spacial score (nSPS) is 11.1. The number of aryl methyl sites for hydroxylation is 1. The lowest BCUT2D eigenvalue weighted by Gasteiger charge is -2.20. The highest BCUT2D eigenvalue weighted by Crippen LogP contribution is 2.25. The van der Waals surface area contributed by atoms with E-state index in [1.165, 1.54) is 16.8 Å². The van der Waals surface area contributed by atoms with E-state index in [0.717, 1.165) is 25.1 Å². The predicted molar refractivity (Wildman–Crippen MR) is 108 cm³/mol. The third kappa shape index (κ3) is 5.04. The van der Waals surface area contributed by atoms with Crippen LogP contribution >= 0.6 is 0 Å². The lowest BCUT2D eigenvalue weighted by Crippen LogP contribution is -2.28. The van der Waals surface area contributed by atoms with E-state index in [4.69, 9.17) is 0 Å². The molecule has 0 saturated carbocycles. The number of phenolic OH excluding ortho intramolecular Hbond substituents is 1. The topological polar surface area (TPSA) is 58.4 Å². The van der Waals surface area contributed by atoms with Crippen LogP contribution in [-0.4, -0.2) is 32.9 Å². The van der Waals surface area contributed by atoms with Crippen molar-refractivity contribution in [3.63, 3.8) is 0 Å². The second-order valence-electron chi connectivity index (χ2n) is 6.65. The Labute approximate surface area is 163 Å². The van der Waals surface area contributed by atoms with Gasteiger partial charge in [-0.2, -0.15) is 5.10 Å². The van der Waals surface area contributed by atoms with Crippen LogP contribution in [0, 0.1) is 5.82 Å². The van der Waals surface area contributed by atoms with Gasteiger partial charge in [0.05, 0.1) is 5.69 Å². The molecule has 0 saturated heterocycles. The fraction of sp³-hybridized carbons (Fsp3) is 0.273. The Morgan fingerprint density at radius 1 is 1.11 bits per heavy atom. The minimum absolute atomic E-state index is 0.132. The van der Waals surface area contributed by atoms with Crippen LogP contribution in [0.5, 0.6) is 5.75 Å². The van der Waals surface area contributed by atoms with Gasteiger partial charge in [-0.1, -0.05) is 31.2 Å². The minimum Gasteiger partial charge on any atom is -0.507 e. The fourth-order valence-corrected chi connectivity index (χ4v) is 3.13. The molecule has 3 aromatic rings. The van der Waals surface area contributed by atoms with Gasteiger partial charge in [0, 0.05) is 31.3 Å². The van der Waals surface area contributed by atoms with Gasteiger partial charge in [-0.15, -0.1) is 0 Å².